The fourth-order valence-electron chi connectivity index (χ4n) is 3.38. The van der Waals surface area contributed by atoms with Crippen molar-refractivity contribution in [2.45, 2.75) is 31.1 Å². The fraction of sp³-hybridized carbons (Fsp3) is 0.353. The van der Waals surface area contributed by atoms with Crippen LogP contribution in [-0.4, -0.2) is 74.7 Å². The summed E-state index contributed by atoms with van der Waals surface area (Å²) in [5, 5.41) is 42.8. The number of benzene rings is 1. The molecule has 16 heteroatoms. The van der Waals surface area contributed by atoms with Crippen LogP contribution in [0.1, 0.15) is 11.8 Å². The third kappa shape index (κ3) is 4.90. The number of hydrogen-bond donors (Lipinski definition) is 7. The van der Waals surface area contributed by atoms with E-state index in [1.807, 2.05) is 0 Å². The summed E-state index contributed by atoms with van der Waals surface area (Å²) in [5.41, 5.74) is 0.847. The van der Waals surface area contributed by atoms with Gasteiger partial charge >= 0.3 is 7.82 Å². The van der Waals surface area contributed by atoms with E-state index >= 15 is 0 Å². The zero-order chi connectivity index (χ0) is 23.9. The first-order valence-corrected chi connectivity index (χ1v) is 12.0. The molecule has 33 heavy (non-hydrogen) atoms. The minimum atomic E-state index is -4.79. The Labute approximate surface area is 199 Å². The second kappa shape index (κ2) is 9.27. The molecule has 1 fully saturated rings. The Morgan fingerprint density at radius 3 is 2.64 bits per heavy atom. The van der Waals surface area contributed by atoms with Gasteiger partial charge in [0.15, 0.2) is 23.2 Å². The third-order valence-electron chi connectivity index (χ3n) is 4.95. The first-order valence-electron chi connectivity index (χ1n) is 9.39. The molecule has 178 valence electrons. The van der Waals surface area contributed by atoms with Crippen LogP contribution < -0.4 is 9.84 Å². The van der Waals surface area contributed by atoms with Crippen LogP contribution in [0.4, 0.5) is 5.82 Å². The first kappa shape index (κ1) is 24.0. The topological polar surface area (TPSA) is 213 Å². The lowest BCUT2D eigenvalue weighted by molar-refractivity contribution is -0.0511. The number of halogens is 1. The van der Waals surface area contributed by atoms with Crippen molar-refractivity contribution in [1.82, 2.24) is 19.5 Å². The van der Waals surface area contributed by atoms with Gasteiger partial charge in [-0.1, -0.05) is 0 Å². The lowest BCUT2D eigenvalue weighted by Crippen LogP contribution is -2.33. The minimum Gasteiger partial charge on any atom is -0.508 e. The Balaban J connectivity index is 1.59. The van der Waals surface area contributed by atoms with Gasteiger partial charge < -0.3 is 35.0 Å². The molecule has 0 bridgehead atoms. The van der Waals surface area contributed by atoms with Gasteiger partial charge in [-0.2, -0.15) is 0 Å². The predicted octanol–water partition coefficient (Wildman–Crippen LogP) is -0.168. The number of nitrogens with zero attached hydrogens (tertiary/aromatic N) is 4. The van der Waals surface area contributed by atoms with E-state index in [1.54, 1.807) is 22.6 Å². The molecule has 0 saturated carbocycles. The molecule has 2 aromatic heterocycles. The number of ether oxygens (including phenoxy) is 1. The lowest BCUT2D eigenvalue weighted by atomic mass is 10.1. The Kier molecular flexibility index (Phi) is 6.75. The highest BCUT2D eigenvalue weighted by Gasteiger charge is 2.44. The maximum atomic E-state index is 11.2. The molecule has 1 saturated heterocycles. The molecule has 3 aromatic rings. The number of aromatic hydroxyl groups is 1. The van der Waals surface area contributed by atoms with Crippen molar-refractivity contribution in [3.05, 3.63) is 33.9 Å². The number of fused-ring (bicyclic) bond motifs is 1. The van der Waals surface area contributed by atoms with Gasteiger partial charge in [0.1, 0.15) is 36.1 Å². The van der Waals surface area contributed by atoms with E-state index in [0.29, 0.717) is 9.09 Å². The van der Waals surface area contributed by atoms with Crippen molar-refractivity contribution >= 4 is 47.4 Å². The zero-order valence-electron chi connectivity index (χ0n) is 16.6. The molecule has 1 aliphatic heterocycles. The molecular formula is C17H19IN5O9P. The largest absolute Gasteiger partial charge is 0.524 e. The molecule has 4 atom stereocenters. The van der Waals surface area contributed by atoms with Crippen molar-refractivity contribution in [1.29, 1.82) is 0 Å². The first-order chi connectivity index (χ1) is 15.6. The van der Waals surface area contributed by atoms with Gasteiger partial charge in [0.25, 0.3) is 0 Å². The number of hydrogen-bond acceptors (Lipinski definition) is 11. The van der Waals surface area contributed by atoms with Gasteiger partial charge in [-0.05, 0) is 34.7 Å². The van der Waals surface area contributed by atoms with Gasteiger partial charge in [0.05, 0.1) is 16.5 Å². The summed E-state index contributed by atoms with van der Waals surface area (Å²) in [4.78, 5) is 30.6. The second-order valence-corrected chi connectivity index (χ2v) is 9.45. The van der Waals surface area contributed by atoms with Crippen LogP contribution in [0.2, 0.25) is 0 Å². The minimum absolute atomic E-state index is 0.00685. The van der Waals surface area contributed by atoms with Crippen LogP contribution in [0.15, 0.2) is 24.8 Å². The molecule has 0 aliphatic carbocycles. The van der Waals surface area contributed by atoms with Crippen molar-refractivity contribution in [3.8, 4) is 11.5 Å². The number of rotatable bonds is 7. The summed E-state index contributed by atoms with van der Waals surface area (Å²) in [5.74, 6) is 0.0354. The molecule has 1 aliphatic rings. The maximum absolute atomic E-state index is 11.2. The molecule has 7 N–H and O–H groups in total. The number of phenols is 1. The number of aliphatic hydroxyl groups excluding tert-OH is 3. The molecule has 1 aromatic carbocycles. The fourth-order valence-corrected chi connectivity index (χ4v) is 4.52. The number of anilines is 1. The van der Waals surface area contributed by atoms with E-state index in [1.165, 1.54) is 29.4 Å². The van der Waals surface area contributed by atoms with E-state index in [4.69, 9.17) is 14.5 Å². The molecule has 4 rings (SSSR count). The average molecular weight is 595 g/mol. The number of aliphatic hydroxyl groups is 3. The molecule has 14 nitrogen and oxygen atoms in total. The Hall–Kier alpha value is -2.11. The van der Waals surface area contributed by atoms with Crippen molar-refractivity contribution < 1.29 is 44.0 Å². The summed E-state index contributed by atoms with van der Waals surface area (Å²) < 4.78 is 23.1. The summed E-state index contributed by atoms with van der Waals surface area (Å²) >= 11 is 1.77. The van der Waals surface area contributed by atoms with Crippen LogP contribution in [0.25, 0.3) is 11.2 Å². The predicted molar refractivity (Wildman–Crippen MR) is 119 cm³/mol. The molecule has 0 radical (unpaired) electrons. The number of aromatic nitrogens is 4. The van der Waals surface area contributed by atoms with Gasteiger partial charge in [-0.3, -0.25) is 14.4 Å². The van der Waals surface area contributed by atoms with E-state index in [0.717, 1.165) is 0 Å². The van der Waals surface area contributed by atoms with Crippen LogP contribution in [0.5, 0.6) is 11.5 Å². The summed E-state index contributed by atoms with van der Waals surface area (Å²) in [6, 6.07) is 2.59. The van der Waals surface area contributed by atoms with Crippen molar-refractivity contribution in [2.24, 2.45) is 0 Å². The maximum Gasteiger partial charge on any atom is 0.524 e. The van der Waals surface area contributed by atoms with E-state index in [2.05, 4.69) is 24.8 Å². The summed E-state index contributed by atoms with van der Waals surface area (Å²) in [7, 11) is -4.79. The smallest absolute Gasteiger partial charge is 0.508 e. The lowest BCUT2D eigenvalue weighted by Gasteiger charge is -2.16. The van der Waals surface area contributed by atoms with E-state index < -0.39 is 39.0 Å². The Bertz CT molecular complexity index is 1220. The standard InChI is InChI=1S/C17H19IN5O9P/c18-8-2-9(25)7(1-10(8)32-33(28,29)30)3-19-15-12-16(21-5-20-15)23(6-22-12)17-14(27)13(26)11(4-24)31-17/h1-2,5-6,11,13-14,17,24-27H,3-4H2,(H,19,20,21)(H2,28,29,30)/t11-,13-,14-,17-/m1/s1. The highest BCUT2D eigenvalue weighted by molar-refractivity contribution is 14.1. The van der Waals surface area contributed by atoms with Gasteiger partial charge in [-0.15, -0.1) is 0 Å². The molecule has 3 heterocycles. The Morgan fingerprint density at radius 2 is 1.97 bits per heavy atom. The molecule has 0 amide bonds. The number of nitrogens with one attached hydrogen (secondary N) is 1. The third-order valence-corrected chi connectivity index (χ3v) is 6.22. The van der Waals surface area contributed by atoms with Crippen LogP contribution >= 0.6 is 30.4 Å². The van der Waals surface area contributed by atoms with Crippen molar-refractivity contribution in [2.75, 3.05) is 11.9 Å². The number of imidazole rings is 1. The number of phosphoric acid groups is 1. The highest BCUT2D eigenvalue weighted by atomic mass is 127. The van der Waals surface area contributed by atoms with Crippen LogP contribution in [-0.2, 0) is 15.8 Å². The highest BCUT2D eigenvalue weighted by Crippen LogP contribution is 2.41. The zero-order valence-corrected chi connectivity index (χ0v) is 19.6. The summed E-state index contributed by atoms with van der Waals surface area (Å²) in [6.45, 7) is -0.483. The average Bonchev–Trinajstić information content (AvgIpc) is 3.30. The number of phenolic OH excluding ortho intramolecular Hbond substituents is 1. The van der Waals surface area contributed by atoms with E-state index in [9.17, 15) is 25.0 Å². The Morgan fingerprint density at radius 1 is 1.21 bits per heavy atom. The summed E-state index contributed by atoms with van der Waals surface area (Å²) in [6.07, 6.45) is -2.01. The molecule has 0 spiro atoms. The quantitative estimate of drug-likeness (QED) is 0.140. The molecular weight excluding hydrogens is 576 g/mol. The van der Waals surface area contributed by atoms with Crippen molar-refractivity contribution in [3.63, 3.8) is 0 Å². The second-order valence-electron chi connectivity index (χ2n) is 7.12. The SMILES string of the molecule is O=P(O)(O)Oc1cc(CNc2ncnc3c2ncn3[C@@H]2O[C@H](CO)[C@@H](O)[C@H]2O)c(O)cc1I. The van der Waals surface area contributed by atoms with E-state index in [-0.39, 0.29) is 35.1 Å². The normalized spacial score (nSPS) is 23.2. The number of phosphoric ester groups is 1. The van der Waals surface area contributed by atoms with Gasteiger partial charge in [0, 0.05) is 12.1 Å². The molecule has 0 unspecified atom stereocenters. The monoisotopic (exact) mass is 595 g/mol. The van der Waals surface area contributed by atoms with Gasteiger partial charge in [-0.25, -0.2) is 19.5 Å². The van der Waals surface area contributed by atoms with Crippen LogP contribution in [0.3, 0.4) is 0 Å². The van der Waals surface area contributed by atoms with Gasteiger partial charge in [0.2, 0.25) is 0 Å². The van der Waals surface area contributed by atoms with Crippen LogP contribution in [0, 0.1) is 3.57 Å².